The Labute approximate surface area is 203 Å². The Hall–Kier alpha value is -3.56. The molecule has 2 N–H and O–H groups in total. The Morgan fingerprint density at radius 2 is 1.79 bits per heavy atom. The lowest BCUT2D eigenvalue weighted by molar-refractivity contribution is -0.119. The van der Waals surface area contributed by atoms with Crippen LogP contribution >= 0.6 is 11.6 Å². The number of halogens is 1. The van der Waals surface area contributed by atoms with Crippen LogP contribution in [-0.4, -0.2) is 39.3 Å². The average Bonchev–Trinajstić information content (AvgIpc) is 2.81. The Balaban J connectivity index is 1.89. The highest BCUT2D eigenvalue weighted by atomic mass is 35.5. The Kier molecular flexibility index (Phi) is 7.80. The molecule has 10 heteroatoms. The number of methoxy groups -OCH3 is 1. The van der Waals surface area contributed by atoms with Crippen LogP contribution in [0.15, 0.2) is 70.7 Å². The summed E-state index contributed by atoms with van der Waals surface area (Å²) in [5.41, 5.74) is 4.30. The van der Waals surface area contributed by atoms with E-state index in [1.807, 2.05) is 6.92 Å². The second kappa shape index (κ2) is 10.6. The van der Waals surface area contributed by atoms with Crippen molar-refractivity contribution in [2.24, 2.45) is 5.10 Å². The molecule has 0 aliphatic carbocycles. The lowest BCUT2D eigenvalue weighted by atomic mass is 10.2. The predicted molar refractivity (Wildman–Crippen MR) is 132 cm³/mol. The highest BCUT2D eigenvalue weighted by molar-refractivity contribution is 7.92. The molecule has 0 radical (unpaired) electrons. The second-order valence-electron chi connectivity index (χ2n) is 7.40. The molecule has 0 saturated heterocycles. The maximum absolute atomic E-state index is 13.5. The van der Waals surface area contributed by atoms with Crippen LogP contribution in [0.2, 0.25) is 5.02 Å². The van der Waals surface area contributed by atoms with Crippen molar-refractivity contribution in [3.8, 4) is 11.5 Å². The number of aryl methyl sites for hydroxylation is 1. The van der Waals surface area contributed by atoms with E-state index >= 15 is 0 Å². The predicted octanol–water partition coefficient (Wildman–Crippen LogP) is 4.02. The molecule has 0 fully saturated rings. The van der Waals surface area contributed by atoms with E-state index in [9.17, 15) is 18.3 Å². The molecular formula is C24H24ClN3O5S. The molecule has 0 heterocycles. The number of ether oxygens (including phenoxy) is 1. The summed E-state index contributed by atoms with van der Waals surface area (Å²) in [5, 5.41) is 14.3. The molecule has 0 saturated carbocycles. The first-order valence-corrected chi connectivity index (χ1v) is 12.0. The molecule has 0 aliphatic heterocycles. The molecular weight excluding hydrogens is 478 g/mol. The first-order chi connectivity index (χ1) is 16.1. The second-order valence-corrected chi connectivity index (χ2v) is 9.67. The number of aromatic hydroxyl groups is 1. The highest BCUT2D eigenvalue weighted by Crippen LogP contribution is 2.31. The van der Waals surface area contributed by atoms with E-state index in [4.69, 9.17) is 16.3 Å². The van der Waals surface area contributed by atoms with Crippen molar-refractivity contribution in [3.05, 3.63) is 82.4 Å². The van der Waals surface area contributed by atoms with E-state index in [1.54, 1.807) is 55.5 Å². The number of hydrazone groups is 1. The van der Waals surface area contributed by atoms with Crippen molar-refractivity contribution in [2.75, 3.05) is 18.0 Å². The van der Waals surface area contributed by atoms with Crippen LogP contribution in [0.4, 0.5) is 5.69 Å². The number of hydrogen-bond acceptors (Lipinski definition) is 6. The number of hydrogen-bond donors (Lipinski definition) is 2. The van der Waals surface area contributed by atoms with Gasteiger partial charge in [-0.25, -0.2) is 13.8 Å². The number of carbonyl (C=O) groups excluding carboxylic acids is 1. The fourth-order valence-electron chi connectivity index (χ4n) is 3.15. The molecule has 178 valence electrons. The number of para-hydroxylation sites is 1. The van der Waals surface area contributed by atoms with Crippen LogP contribution in [0.5, 0.6) is 11.5 Å². The zero-order valence-electron chi connectivity index (χ0n) is 18.8. The van der Waals surface area contributed by atoms with Gasteiger partial charge in [0.1, 0.15) is 6.54 Å². The monoisotopic (exact) mass is 501 g/mol. The summed E-state index contributed by atoms with van der Waals surface area (Å²) in [7, 11) is -2.68. The van der Waals surface area contributed by atoms with Crippen molar-refractivity contribution in [3.63, 3.8) is 0 Å². The SMILES string of the molecule is COc1cccc(/C=N\NC(=O)CN(c2cccc(Cl)c2C)S(=O)(=O)c2ccc(C)cc2)c1O. The molecule has 0 aromatic heterocycles. The number of sulfonamides is 1. The van der Waals surface area contributed by atoms with Crippen molar-refractivity contribution in [1.29, 1.82) is 0 Å². The van der Waals surface area contributed by atoms with E-state index in [0.29, 0.717) is 16.1 Å². The fourth-order valence-corrected chi connectivity index (χ4v) is 4.80. The van der Waals surface area contributed by atoms with Crippen LogP contribution in [0.25, 0.3) is 0 Å². The average molecular weight is 502 g/mol. The van der Waals surface area contributed by atoms with Gasteiger partial charge in [0.15, 0.2) is 11.5 Å². The van der Waals surface area contributed by atoms with Crippen LogP contribution in [-0.2, 0) is 14.8 Å². The number of amides is 1. The lowest BCUT2D eigenvalue weighted by Gasteiger charge is -2.25. The van der Waals surface area contributed by atoms with E-state index in [-0.39, 0.29) is 22.1 Å². The largest absolute Gasteiger partial charge is 0.504 e. The third-order valence-corrected chi connectivity index (χ3v) is 7.23. The lowest BCUT2D eigenvalue weighted by Crippen LogP contribution is -2.40. The minimum absolute atomic E-state index is 0.0371. The summed E-state index contributed by atoms with van der Waals surface area (Å²) in [4.78, 5) is 12.7. The van der Waals surface area contributed by atoms with Gasteiger partial charge in [-0.3, -0.25) is 9.10 Å². The number of anilines is 1. The smallest absolute Gasteiger partial charge is 0.264 e. The minimum atomic E-state index is -4.09. The summed E-state index contributed by atoms with van der Waals surface area (Å²) in [6.45, 7) is 2.98. The van der Waals surface area contributed by atoms with E-state index in [1.165, 1.54) is 25.5 Å². The van der Waals surface area contributed by atoms with Crippen molar-refractivity contribution in [2.45, 2.75) is 18.7 Å². The fraction of sp³-hybridized carbons (Fsp3) is 0.167. The summed E-state index contributed by atoms with van der Waals surface area (Å²) >= 11 is 6.22. The van der Waals surface area contributed by atoms with Gasteiger partial charge in [0.05, 0.1) is 23.9 Å². The molecule has 0 bridgehead atoms. The number of phenols is 1. The van der Waals surface area contributed by atoms with Crippen LogP contribution < -0.4 is 14.5 Å². The molecule has 3 aromatic carbocycles. The van der Waals surface area contributed by atoms with E-state index in [0.717, 1.165) is 9.87 Å². The van der Waals surface area contributed by atoms with Crippen LogP contribution in [0, 0.1) is 13.8 Å². The summed E-state index contributed by atoms with van der Waals surface area (Å²) in [6, 6.07) is 16.0. The van der Waals surface area contributed by atoms with Gasteiger partial charge < -0.3 is 9.84 Å². The Morgan fingerprint density at radius 3 is 2.47 bits per heavy atom. The highest BCUT2D eigenvalue weighted by Gasteiger charge is 2.28. The summed E-state index contributed by atoms with van der Waals surface area (Å²) < 4.78 is 33.0. The molecule has 3 aromatic rings. The number of nitrogens with zero attached hydrogens (tertiary/aromatic N) is 2. The van der Waals surface area contributed by atoms with Gasteiger partial charge in [0.2, 0.25) is 0 Å². The van der Waals surface area contributed by atoms with Crippen molar-refractivity contribution >= 4 is 39.4 Å². The van der Waals surface area contributed by atoms with Gasteiger partial charge in [-0.1, -0.05) is 41.4 Å². The van der Waals surface area contributed by atoms with Crippen molar-refractivity contribution < 1.29 is 23.1 Å². The Bertz CT molecular complexity index is 1320. The van der Waals surface area contributed by atoms with Gasteiger partial charge in [-0.15, -0.1) is 0 Å². The molecule has 0 spiro atoms. The first kappa shape index (κ1) is 25.1. The van der Waals surface area contributed by atoms with Gasteiger partial charge >= 0.3 is 0 Å². The van der Waals surface area contributed by atoms with Crippen LogP contribution in [0.3, 0.4) is 0 Å². The van der Waals surface area contributed by atoms with Gasteiger partial charge in [0.25, 0.3) is 15.9 Å². The summed E-state index contributed by atoms with van der Waals surface area (Å²) in [5.74, 6) is -0.572. The molecule has 34 heavy (non-hydrogen) atoms. The molecule has 1 amide bonds. The number of benzene rings is 3. The normalized spacial score (nSPS) is 11.4. The number of rotatable bonds is 8. The maximum atomic E-state index is 13.5. The standard InChI is InChI=1S/C24H24ClN3O5S/c1-16-10-12-19(13-11-16)34(31,32)28(21-8-5-7-20(25)17(21)2)15-23(29)27-26-14-18-6-4-9-22(33-3)24(18)30/h4-14,30H,15H2,1-3H3,(H,27,29)/b26-14-. The van der Waals surface area contributed by atoms with Gasteiger partial charge in [-0.05, 0) is 55.8 Å². The summed E-state index contributed by atoms with van der Waals surface area (Å²) in [6.07, 6.45) is 1.24. The van der Waals surface area contributed by atoms with E-state index < -0.39 is 22.5 Å². The molecule has 8 nitrogen and oxygen atoms in total. The van der Waals surface area contributed by atoms with Gasteiger partial charge in [-0.2, -0.15) is 5.10 Å². The van der Waals surface area contributed by atoms with Crippen LogP contribution in [0.1, 0.15) is 16.7 Å². The topological polar surface area (TPSA) is 108 Å². The molecule has 0 unspecified atom stereocenters. The number of nitrogens with one attached hydrogen (secondary N) is 1. The zero-order chi connectivity index (χ0) is 24.9. The maximum Gasteiger partial charge on any atom is 0.264 e. The first-order valence-electron chi connectivity index (χ1n) is 10.2. The third kappa shape index (κ3) is 5.49. The van der Waals surface area contributed by atoms with Gasteiger partial charge in [0, 0.05) is 10.6 Å². The van der Waals surface area contributed by atoms with Crippen molar-refractivity contribution in [1.82, 2.24) is 5.43 Å². The molecule has 3 rings (SSSR count). The third-order valence-electron chi connectivity index (χ3n) is 5.05. The zero-order valence-corrected chi connectivity index (χ0v) is 20.4. The number of carbonyl (C=O) groups is 1. The number of phenolic OH excluding ortho intramolecular Hbond substituents is 1. The Morgan fingerprint density at radius 1 is 1.12 bits per heavy atom. The molecule has 0 aliphatic rings. The minimum Gasteiger partial charge on any atom is -0.504 e. The molecule has 0 atom stereocenters. The van der Waals surface area contributed by atoms with E-state index in [2.05, 4.69) is 10.5 Å². The quantitative estimate of drug-likeness (QED) is 0.358.